The quantitative estimate of drug-likeness (QED) is 0.227. The van der Waals surface area contributed by atoms with Gasteiger partial charge in [0.05, 0.1) is 23.2 Å². The Hall–Kier alpha value is -1.35. The standard InChI is InChI=1S/C37H55NO8/c1-21-24-18-22-8-6-11-36(35(4,42)31(40)29(21)46-30(24)32(41)38-22)14-15-37(43)26-20-28(39)27-19-23(45-17-7-16-44-5)9-12-33(27,2)25(26)10-13-34(36,37)3/h20-25,27,29-32,38,40-43H,7-10,12-19H2,1-5H3. The van der Waals surface area contributed by atoms with Crippen molar-refractivity contribution >= 4 is 5.78 Å². The van der Waals surface area contributed by atoms with Gasteiger partial charge in [-0.1, -0.05) is 26.7 Å². The predicted molar refractivity (Wildman–Crippen MR) is 170 cm³/mol. The zero-order valence-electron chi connectivity index (χ0n) is 28.3. The maximum Gasteiger partial charge on any atom is 0.159 e. The highest BCUT2D eigenvalue weighted by atomic mass is 16.5. The number of carbonyl (C=O) groups excluding carboxylic acids is 1. The van der Waals surface area contributed by atoms with Gasteiger partial charge in [0.2, 0.25) is 0 Å². The summed E-state index contributed by atoms with van der Waals surface area (Å²) >= 11 is 0. The van der Waals surface area contributed by atoms with E-state index in [9.17, 15) is 25.2 Å². The molecule has 15 unspecified atom stereocenters. The van der Waals surface area contributed by atoms with E-state index < -0.39 is 46.6 Å². The summed E-state index contributed by atoms with van der Waals surface area (Å²) in [6, 6.07) is -0.0377. The minimum Gasteiger partial charge on any atom is -0.387 e. The van der Waals surface area contributed by atoms with Crippen molar-refractivity contribution in [1.29, 1.82) is 0 Å². The van der Waals surface area contributed by atoms with Crippen LogP contribution in [0, 0.1) is 51.8 Å². The maximum absolute atomic E-state index is 14.0. The molecule has 2 aliphatic heterocycles. The molecule has 2 heterocycles. The number of rotatable bonds is 5. The number of hydrogen-bond donors (Lipinski definition) is 5. The van der Waals surface area contributed by atoms with Crippen molar-refractivity contribution in [3.63, 3.8) is 0 Å². The van der Waals surface area contributed by atoms with E-state index in [1.165, 1.54) is 0 Å². The van der Waals surface area contributed by atoms with Crippen molar-refractivity contribution in [2.75, 3.05) is 20.3 Å². The van der Waals surface area contributed by atoms with Crippen molar-refractivity contribution in [2.24, 2.45) is 39.9 Å². The molecule has 2 saturated heterocycles. The Balaban J connectivity index is 1.24. The molecule has 0 amide bonds. The zero-order chi connectivity index (χ0) is 32.9. The summed E-state index contributed by atoms with van der Waals surface area (Å²) in [5.74, 6) is 6.83. The SMILES string of the molecule is COCCCOC1CCC2(C)C(C1)C(=O)C=C1C2CCC2(C)C1(O)CCC21C#CCC2CC3C(C)C(OC3C(O)N2)C(O)C1(C)O. The molecule has 46 heavy (non-hydrogen) atoms. The van der Waals surface area contributed by atoms with Crippen molar-refractivity contribution in [3.05, 3.63) is 11.6 Å². The second-order valence-corrected chi connectivity index (χ2v) is 16.6. The normalized spacial score (nSPS) is 54.3. The van der Waals surface area contributed by atoms with Gasteiger partial charge in [-0.2, -0.15) is 0 Å². The lowest BCUT2D eigenvalue weighted by molar-refractivity contribution is -0.223. The van der Waals surface area contributed by atoms with Crippen LogP contribution in [0.3, 0.4) is 0 Å². The number of fused-ring (bicyclic) bond motifs is 8. The van der Waals surface area contributed by atoms with Crippen molar-refractivity contribution < 1.29 is 39.4 Å². The highest BCUT2D eigenvalue weighted by molar-refractivity contribution is 5.95. The fourth-order valence-electron chi connectivity index (χ4n) is 11.8. The Morgan fingerprint density at radius 3 is 2.57 bits per heavy atom. The van der Waals surface area contributed by atoms with Gasteiger partial charge in [-0.25, -0.2) is 0 Å². The van der Waals surface area contributed by atoms with E-state index in [0.717, 1.165) is 37.7 Å². The topological polar surface area (TPSA) is 138 Å². The zero-order valence-corrected chi connectivity index (χ0v) is 28.3. The van der Waals surface area contributed by atoms with Crippen LogP contribution in [0.1, 0.15) is 91.9 Å². The number of nitrogens with one attached hydrogen (secondary N) is 1. The van der Waals surface area contributed by atoms with Crippen molar-refractivity contribution in [2.45, 2.75) is 140 Å². The minimum atomic E-state index is -1.73. The molecule has 256 valence electrons. The van der Waals surface area contributed by atoms with E-state index in [2.05, 4.69) is 24.1 Å². The number of ether oxygens (including phenoxy) is 3. The summed E-state index contributed by atoms with van der Waals surface area (Å²) in [4.78, 5) is 14.0. The summed E-state index contributed by atoms with van der Waals surface area (Å²) in [6.45, 7) is 9.27. The lowest BCUT2D eigenvalue weighted by Gasteiger charge is -2.62. The predicted octanol–water partition coefficient (Wildman–Crippen LogP) is 2.87. The average molecular weight is 642 g/mol. The molecule has 0 aromatic rings. The first-order valence-corrected chi connectivity index (χ1v) is 17.8. The molecular formula is C37H55NO8. The van der Waals surface area contributed by atoms with Gasteiger partial charge in [0.15, 0.2) is 5.78 Å². The van der Waals surface area contributed by atoms with Gasteiger partial charge in [-0.05, 0) is 99.5 Å². The highest BCUT2D eigenvalue weighted by Crippen LogP contribution is 2.73. The van der Waals surface area contributed by atoms with Crippen LogP contribution < -0.4 is 5.32 Å². The number of aliphatic hydroxyl groups is 4. The van der Waals surface area contributed by atoms with Gasteiger partial charge >= 0.3 is 0 Å². The third kappa shape index (κ3) is 4.40. The maximum atomic E-state index is 14.0. The number of allylic oxidation sites excluding steroid dienone is 1. The first-order valence-electron chi connectivity index (χ1n) is 17.8. The molecule has 15 atom stereocenters. The number of hydrogen-bond acceptors (Lipinski definition) is 9. The third-order valence-electron chi connectivity index (χ3n) is 14.7. The first-order chi connectivity index (χ1) is 21.7. The molecule has 1 spiro atoms. The number of aliphatic hydroxyl groups excluding tert-OH is 2. The summed E-state index contributed by atoms with van der Waals surface area (Å²) in [6.07, 6.45) is 5.16. The Kier molecular flexibility index (Phi) is 8.18. The fourth-order valence-corrected chi connectivity index (χ4v) is 11.8. The van der Waals surface area contributed by atoms with Gasteiger partial charge in [0.1, 0.15) is 24.0 Å². The second kappa shape index (κ2) is 11.3. The average Bonchev–Trinajstić information content (AvgIpc) is 3.47. The first kappa shape index (κ1) is 33.2. The molecule has 9 heteroatoms. The number of ketones is 1. The largest absolute Gasteiger partial charge is 0.387 e. The minimum absolute atomic E-state index is 0.0377. The van der Waals surface area contributed by atoms with Crippen LogP contribution in [0.4, 0.5) is 0 Å². The van der Waals surface area contributed by atoms with E-state index >= 15 is 0 Å². The molecule has 0 aromatic heterocycles. The number of carbonyl (C=O) groups is 1. The third-order valence-corrected chi connectivity index (χ3v) is 14.7. The van der Waals surface area contributed by atoms with Crippen molar-refractivity contribution in [1.82, 2.24) is 5.32 Å². The van der Waals surface area contributed by atoms with Crippen LogP contribution in [-0.2, 0) is 19.0 Å². The lowest BCUT2D eigenvalue weighted by atomic mass is 9.43. The van der Waals surface area contributed by atoms with Crippen LogP contribution >= 0.6 is 0 Å². The summed E-state index contributed by atoms with van der Waals surface area (Å²) < 4.78 is 17.7. The fraction of sp³-hybridized carbons (Fsp3) is 0.865. The molecule has 3 saturated carbocycles. The van der Waals surface area contributed by atoms with Gasteiger partial charge < -0.3 is 34.6 Å². The number of methoxy groups -OCH3 is 1. The molecule has 7 aliphatic rings. The van der Waals surface area contributed by atoms with Crippen molar-refractivity contribution in [3.8, 4) is 11.8 Å². The lowest BCUT2D eigenvalue weighted by Crippen LogP contribution is -2.68. The van der Waals surface area contributed by atoms with Crippen LogP contribution in [0.25, 0.3) is 0 Å². The Morgan fingerprint density at radius 2 is 1.80 bits per heavy atom. The van der Waals surface area contributed by atoms with Crippen LogP contribution in [-0.4, -0.2) is 94.4 Å². The molecule has 5 N–H and O–H groups in total. The van der Waals surface area contributed by atoms with E-state index in [1.54, 1.807) is 20.1 Å². The Morgan fingerprint density at radius 1 is 1.02 bits per heavy atom. The summed E-state index contributed by atoms with van der Waals surface area (Å²) in [5.41, 5.74) is -4.65. The van der Waals surface area contributed by atoms with E-state index in [4.69, 9.17) is 14.2 Å². The molecule has 3 bridgehead atoms. The second-order valence-electron chi connectivity index (χ2n) is 16.6. The highest BCUT2D eigenvalue weighted by Gasteiger charge is 2.76. The summed E-state index contributed by atoms with van der Waals surface area (Å²) in [5, 5.41) is 51.9. The van der Waals surface area contributed by atoms with Crippen LogP contribution in [0.2, 0.25) is 0 Å². The molecule has 5 fully saturated rings. The molecule has 5 aliphatic carbocycles. The molecular weight excluding hydrogens is 586 g/mol. The molecule has 0 aromatic carbocycles. The monoisotopic (exact) mass is 641 g/mol. The van der Waals surface area contributed by atoms with E-state index in [0.29, 0.717) is 45.3 Å². The smallest absolute Gasteiger partial charge is 0.159 e. The van der Waals surface area contributed by atoms with Crippen LogP contribution in [0.5, 0.6) is 0 Å². The van der Waals surface area contributed by atoms with E-state index in [1.807, 2.05) is 13.8 Å². The van der Waals surface area contributed by atoms with Crippen LogP contribution in [0.15, 0.2) is 11.6 Å². The van der Waals surface area contributed by atoms with Gasteiger partial charge in [-0.15, -0.1) is 5.92 Å². The Labute approximate surface area is 273 Å². The Bertz CT molecular complexity index is 1320. The number of piperidine rings is 1. The molecule has 7 rings (SSSR count). The molecule has 9 nitrogen and oxygen atoms in total. The summed E-state index contributed by atoms with van der Waals surface area (Å²) in [7, 11) is 1.69. The van der Waals surface area contributed by atoms with Gasteiger partial charge in [-0.3, -0.25) is 10.1 Å². The molecule has 0 radical (unpaired) electrons. The van der Waals surface area contributed by atoms with Gasteiger partial charge in [0.25, 0.3) is 0 Å². The van der Waals surface area contributed by atoms with E-state index in [-0.39, 0.29) is 47.0 Å². The van der Waals surface area contributed by atoms with Gasteiger partial charge in [0, 0.05) is 44.1 Å².